The Morgan fingerprint density at radius 2 is 1.93 bits per heavy atom. The third-order valence-corrected chi connectivity index (χ3v) is 3.02. The van der Waals surface area contributed by atoms with Gasteiger partial charge in [0, 0.05) is 7.11 Å². The molecule has 1 atom stereocenters. The number of hydrogen-bond donors (Lipinski definition) is 1. The van der Waals surface area contributed by atoms with E-state index < -0.39 is 0 Å². The van der Waals surface area contributed by atoms with Gasteiger partial charge in [-0.1, -0.05) is 26.8 Å². The van der Waals surface area contributed by atoms with Crippen molar-refractivity contribution in [3.63, 3.8) is 0 Å². The molecule has 0 aliphatic rings. The molecule has 0 fully saturated rings. The lowest BCUT2D eigenvalue weighted by Crippen LogP contribution is -2.50. The summed E-state index contributed by atoms with van der Waals surface area (Å²) in [6.07, 6.45) is 5.12. The van der Waals surface area contributed by atoms with Crippen molar-refractivity contribution in [3.05, 3.63) is 12.7 Å². The molecule has 14 heavy (non-hydrogen) atoms. The fourth-order valence-electron chi connectivity index (χ4n) is 1.89. The molecule has 2 nitrogen and oxygen atoms in total. The van der Waals surface area contributed by atoms with Crippen molar-refractivity contribution in [2.24, 2.45) is 0 Å². The second kappa shape index (κ2) is 7.02. The van der Waals surface area contributed by atoms with Gasteiger partial charge < -0.3 is 10.1 Å². The van der Waals surface area contributed by atoms with Crippen molar-refractivity contribution in [3.8, 4) is 0 Å². The Morgan fingerprint density at radius 1 is 1.36 bits per heavy atom. The molecule has 0 aromatic rings. The molecule has 0 saturated heterocycles. The predicted molar refractivity (Wildman–Crippen MR) is 62.6 cm³/mol. The molecule has 0 aromatic heterocycles. The summed E-state index contributed by atoms with van der Waals surface area (Å²) in [5.74, 6) is 0. The van der Waals surface area contributed by atoms with E-state index in [1.165, 1.54) is 0 Å². The number of ether oxygens (including phenoxy) is 1. The number of methoxy groups -OCH3 is 1. The maximum absolute atomic E-state index is 5.65. The van der Waals surface area contributed by atoms with Crippen LogP contribution >= 0.6 is 0 Å². The lowest BCUT2D eigenvalue weighted by Gasteiger charge is -2.37. The lowest BCUT2D eigenvalue weighted by molar-refractivity contribution is -0.0349. The van der Waals surface area contributed by atoms with E-state index in [9.17, 15) is 0 Å². The first-order valence-corrected chi connectivity index (χ1v) is 5.61. The van der Waals surface area contributed by atoms with Crippen LogP contribution in [0.2, 0.25) is 0 Å². The molecule has 0 bridgehead atoms. The highest BCUT2D eigenvalue weighted by Gasteiger charge is 2.33. The van der Waals surface area contributed by atoms with Crippen LogP contribution in [-0.2, 0) is 4.74 Å². The van der Waals surface area contributed by atoms with Crippen LogP contribution in [0.5, 0.6) is 0 Å². The van der Waals surface area contributed by atoms with E-state index in [0.717, 1.165) is 25.8 Å². The van der Waals surface area contributed by atoms with Crippen LogP contribution in [0, 0.1) is 0 Å². The van der Waals surface area contributed by atoms with Gasteiger partial charge in [-0.3, -0.25) is 0 Å². The molecule has 0 heterocycles. The van der Waals surface area contributed by atoms with Gasteiger partial charge in [0.2, 0.25) is 0 Å². The zero-order chi connectivity index (χ0) is 11.0. The monoisotopic (exact) mass is 199 g/mol. The zero-order valence-electron chi connectivity index (χ0n) is 10.1. The molecule has 0 amide bonds. The highest BCUT2D eigenvalue weighted by Crippen LogP contribution is 2.24. The normalized spacial score (nSPS) is 14.0. The highest BCUT2D eigenvalue weighted by atomic mass is 16.5. The van der Waals surface area contributed by atoms with E-state index in [-0.39, 0.29) is 11.6 Å². The molecule has 0 rings (SSSR count). The van der Waals surface area contributed by atoms with Crippen LogP contribution in [0.3, 0.4) is 0 Å². The largest absolute Gasteiger partial charge is 0.376 e. The maximum atomic E-state index is 5.65. The first kappa shape index (κ1) is 13.7. The Bertz CT molecular complexity index is 144. The highest BCUT2D eigenvalue weighted by molar-refractivity contribution is 5.01. The van der Waals surface area contributed by atoms with Crippen LogP contribution in [-0.4, -0.2) is 25.3 Å². The first-order valence-electron chi connectivity index (χ1n) is 5.61. The molecule has 2 heteroatoms. The van der Waals surface area contributed by atoms with Crippen LogP contribution < -0.4 is 5.32 Å². The van der Waals surface area contributed by atoms with Crippen LogP contribution in [0.15, 0.2) is 12.7 Å². The van der Waals surface area contributed by atoms with Crippen molar-refractivity contribution in [2.45, 2.75) is 51.7 Å². The molecule has 0 aromatic carbocycles. The van der Waals surface area contributed by atoms with Gasteiger partial charge in [-0.25, -0.2) is 0 Å². The smallest absolute Gasteiger partial charge is 0.0861 e. The number of hydrogen-bond acceptors (Lipinski definition) is 2. The lowest BCUT2D eigenvalue weighted by atomic mass is 9.88. The summed E-state index contributed by atoms with van der Waals surface area (Å²) in [7, 11) is 1.79. The van der Waals surface area contributed by atoms with E-state index >= 15 is 0 Å². The summed E-state index contributed by atoms with van der Waals surface area (Å²) < 4.78 is 5.65. The summed E-state index contributed by atoms with van der Waals surface area (Å²) in [4.78, 5) is 0. The Hall–Kier alpha value is -0.340. The predicted octanol–water partition coefficient (Wildman–Crippen LogP) is 2.75. The molecule has 0 aliphatic carbocycles. The zero-order valence-corrected chi connectivity index (χ0v) is 10.1. The van der Waals surface area contributed by atoms with Gasteiger partial charge in [0.1, 0.15) is 0 Å². The summed E-state index contributed by atoms with van der Waals surface area (Å²) in [6, 6.07) is 0.252. The van der Waals surface area contributed by atoms with E-state index in [4.69, 9.17) is 4.74 Å². The van der Waals surface area contributed by atoms with E-state index in [2.05, 4.69) is 32.7 Å². The topological polar surface area (TPSA) is 21.3 Å². The third-order valence-electron chi connectivity index (χ3n) is 3.02. The summed E-state index contributed by atoms with van der Waals surface area (Å²) >= 11 is 0. The molecular weight excluding hydrogens is 174 g/mol. The van der Waals surface area contributed by atoms with Gasteiger partial charge >= 0.3 is 0 Å². The number of nitrogens with one attached hydrogen (secondary N) is 1. The van der Waals surface area contributed by atoms with E-state index in [1.54, 1.807) is 7.11 Å². The van der Waals surface area contributed by atoms with Gasteiger partial charge in [0.25, 0.3) is 0 Å². The average molecular weight is 199 g/mol. The summed E-state index contributed by atoms with van der Waals surface area (Å²) in [5.41, 5.74) is -0.0864. The Morgan fingerprint density at radius 3 is 2.21 bits per heavy atom. The minimum absolute atomic E-state index is 0.0864. The summed E-state index contributed by atoms with van der Waals surface area (Å²) in [6.45, 7) is 11.4. The molecule has 0 saturated carbocycles. The van der Waals surface area contributed by atoms with Gasteiger partial charge in [-0.2, -0.15) is 0 Å². The van der Waals surface area contributed by atoms with Crippen molar-refractivity contribution in [1.29, 1.82) is 0 Å². The Balaban J connectivity index is 4.48. The van der Waals surface area contributed by atoms with Gasteiger partial charge in [-0.05, 0) is 25.8 Å². The third kappa shape index (κ3) is 3.10. The van der Waals surface area contributed by atoms with Crippen LogP contribution in [0.25, 0.3) is 0 Å². The van der Waals surface area contributed by atoms with Crippen LogP contribution in [0.1, 0.15) is 40.0 Å². The Kier molecular flexibility index (Phi) is 6.85. The molecular formula is C12H25NO. The number of rotatable bonds is 8. The average Bonchev–Trinajstić information content (AvgIpc) is 2.25. The first-order chi connectivity index (χ1) is 6.70. The van der Waals surface area contributed by atoms with Crippen molar-refractivity contribution in [1.82, 2.24) is 5.32 Å². The molecule has 1 N–H and O–H groups in total. The van der Waals surface area contributed by atoms with Gasteiger partial charge in [0.05, 0.1) is 11.6 Å². The van der Waals surface area contributed by atoms with Gasteiger partial charge in [0.15, 0.2) is 0 Å². The molecule has 0 radical (unpaired) electrons. The SMILES string of the molecule is C=CC(NCCC)C(CC)(CC)OC. The molecule has 0 spiro atoms. The minimum Gasteiger partial charge on any atom is -0.376 e. The standard InChI is InChI=1S/C12H25NO/c1-6-10-13-11(7-2)12(8-3,9-4)14-5/h7,11,13H,2,6,8-10H2,1,3-5H3. The fraction of sp³-hybridized carbons (Fsp3) is 0.833. The van der Waals surface area contributed by atoms with Crippen molar-refractivity contribution < 1.29 is 4.74 Å². The second-order valence-corrected chi connectivity index (χ2v) is 3.64. The van der Waals surface area contributed by atoms with Crippen molar-refractivity contribution >= 4 is 0 Å². The van der Waals surface area contributed by atoms with Crippen LogP contribution in [0.4, 0.5) is 0 Å². The Labute approximate surface area is 88.7 Å². The quantitative estimate of drug-likeness (QED) is 0.607. The fourth-order valence-corrected chi connectivity index (χ4v) is 1.89. The van der Waals surface area contributed by atoms with Crippen molar-refractivity contribution in [2.75, 3.05) is 13.7 Å². The second-order valence-electron chi connectivity index (χ2n) is 3.64. The molecule has 1 unspecified atom stereocenters. The van der Waals surface area contributed by atoms with E-state index in [1.807, 2.05) is 6.08 Å². The molecule has 0 aliphatic heterocycles. The summed E-state index contributed by atoms with van der Waals surface area (Å²) in [5, 5.41) is 3.47. The van der Waals surface area contributed by atoms with Gasteiger partial charge in [-0.15, -0.1) is 6.58 Å². The maximum Gasteiger partial charge on any atom is 0.0861 e. The van der Waals surface area contributed by atoms with E-state index in [0.29, 0.717) is 0 Å². The molecule has 84 valence electrons. The minimum atomic E-state index is -0.0864.